The fraction of sp³-hybridized carbons (Fsp3) is 0.667. The van der Waals surface area contributed by atoms with E-state index in [0.29, 0.717) is 24.6 Å². The van der Waals surface area contributed by atoms with Crippen LogP contribution in [0.15, 0.2) is 18.0 Å². The first-order valence-corrected chi connectivity index (χ1v) is 10.2. The van der Waals surface area contributed by atoms with E-state index in [0.717, 1.165) is 12.8 Å². The van der Waals surface area contributed by atoms with Crippen LogP contribution in [0.25, 0.3) is 6.08 Å². The molecule has 164 valence electrons. The first kappa shape index (κ1) is 20.9. The Balaban J connectivity index is 1.24. The number of carbonyl (C=O) groups is 1. The molecular weight excluding hydrogens is 397 g/mol. The van der Waals surface area contributed by atoms with Crippen LogP contribution in [0.1, 0.15) is 52.1 Å². The van der Waals surface area contributed by atoms with E-state index in [4.69, 9.17) is 4.74 Å². The van der Waals surface area contributed by atoms with Gasteiger partial charge < -0.3 is 15.0 Å². The number of nitrogens with zero attached hydrogens (tertiary/aromatic N) is 3. The number of aromatic nitrogens is 2. The zero-order chi connectivity index (χ0) is 21.8. The molecule has 4 rings (SSSR count). The van der Waals surface area contributed by atoms with E-state index in [-0.39, 0.29) is 30.9 Å². The van der Waals surface area contributed by atoms with Crippen molar-refractivity contribution in [2.75, 3.05) is 25.0 Å². The van der Waals surface area contributed by atoms with Crippen molar-refractivity contribution in [3.05, 3.63) is 23.7 Å². The van der Waals surface area contributed by atoms with Crippen molar-refractivity contribution < 1.29 is 22.7 Å². The quantitative estimate of drug-likeness (QED) is 0.762. The molecule has 30 heavy (non-hydrogen) atoms. The molecule has 1 spiro atoms. The van der Waals surface area contributed by atoms with Crippen molar-refractivity contribution in [2.45, 2.75) is 58.2 Å². The Kier molecular flexibility index (Phi) is 4.78. The number of hydrogen-bond acceptors (Lipinski definition) is 5. The molecule has 0 aromatic carbocycles. The van der Waals surface area contributed by atoms with Crippen molar-refractivity contribution >= 4 is 18.0 Å². The van der Waals surface area contributed by atoms with Crippen LogP contribution in [-0.4, -0.2) is 52.4 Å². The van der Waals surface area contributed by atoms with Crippen LogP contribution < -0.4 is 5.32 Å². The van der Waals surface area contributed by atoms with Gasteiger partial charge in [-0.15, -0.1) is 0 Å². The second kappa shape index (κ2) is 6.85. The summed E-state index contributed by atoms with van der Waals surface area (Å²) in [5.41, 5.74) is -0.0243. The third kappa shape index (κ3) is 4.25. The number of amides is 1. The van der Waals surface area contributed by atoms with Gasteiger partial charge in [0.25, 0.3) is 0 Å². The second-order valence-electron chi connectivity index (χ2n) is 9.95. The van der Waals surface area contributed by atoms with Gasteiger partial charge in [0.2, 0.25) is 0 Å². The van der Waals surface area contributed by atoms with E-state index in [1.54, 1.807) is 11.1 Å². The Morgan fingerprint density at radius 3 is 2.37 bits per heavy atom. The molecule has 1 aromatic rings. The fourth-order valence-corrected chi connectivity index (χ4v) is 4.14. The Bertz CT molecular complexity index is 838. The molecule has 9 heteroatoms. The van der Waals surface area contributed by atoms with E-state index < -0.39 is 17.2 Å². The minimum Gasteiger partial charge on any atom is -0.444 e. The van der Waals surface area contributed by atoms with E-state index in [1.165, 1.54) is 11.8 Å². The molecule has 0 radical (unpaired) electrons. The number of anilines is 1. The smallest absolute Gasteiger partial charge is 0.410 e. The summed E-state index contributed by atoms with van der Waals surface area (Å²) in [5.74, 6) is 0.352. The number of rotatable bonds is 4. The summed E-state index contributed by atoms with van der Waals surface area (Å²) < 4.78 is 44.3. The highest BCUT2D eigenvalue weighted by Gasteiger charge is 2.62. The number of hydrogen-bond donors (Lipinski definition) is 1. The van der Waals surface area contributed by atoms with Crippen LogP contribution in [0.4, 0.5) is 23.8 Å². The standard InChI is InChI=1S/C21H27F3N4O2/c1-18(2,3)30-17(29)28-12-19(13-28)7-14(8-19)6-15-9-26-16(10-25-15)27-11-20(4-5-20)21(22,23)24/h6,9-10H,4-5,7-8,11-13H2,1-3H3,(H,26,27). The minimum atomic E-state index is -4.18. The van der Waals surface area contributed by atoms with Crippen molar-refractivity contribution in [1.29, 1.82) is 0 Å². The van der Waals surface area contributed by atoms with Gasteiger partial charge in [-0.2, -0.15) is 13.2 Å². The topological polar surface area (TPSA) is 67.3 Å². The summed E-state index contributed by atoms with van der Waals surface area (Å²) >= 11 is 0. The van der Waals surface area contributed by atoms with Gasteiger partial charge in [-0.1, -0.05) is 5.57 Å². The van der Waals surface area contributed by atoms with Gasteiger partial charge in [-0.25, -0.2) is 9.78 Å². The van der Waals surface area contributed by atoms with Crippen LogP contribution in [0.3, 0.4) is 0 Å². The molecule has 0 bridgehead atoms. The zero-order valence-electron chi connectivity index (χ0n) is 17.5. The zero-order valence-corrected chi connectivity index (χ0v) is 17.5. The average molecular weight is 424 g/mol. The molecule has 1 N–H and O–H groups in total. The lowest BCUT2D eigenvalue weighted by atomic mass is 9.60. The summed E-state index contributed by atoms with van der Waals surface area (Å²) in [7, 11) is 0. The molecule has 6 nitrogen and oxygen atoms in total. The minimum absolute atomic E-state index is 0.147. The first-order valence-electron chi connectivity index (χ1n) is 10.2. The van der Waals surface area contributed by atoms with E-state index >= 15 is 0 Å². The van der Waals surface area contributed by atoms with Gasteiger partial charge in [-0.05, 0) is 52.5 Å². The van der Waals surface area contributed by atoms with Gasteiger partial charge in [0.1, 0.15) is 11.4 Å². The molecule has 3 aliphatic rings. The molecule has 1 aliphatic heterocycles. The van der Waals surface area contributed by atoms with Gasteiger partial charge in [0.15, 0.2) is 0 Å². The maximum Gasteiger partial charge on any atom is 0.410 e. The Labute approximate surface area is 173 Å². The number of ether oxygens (including phenoxy) is 1. The highest BCUT2D eigenvalue weighted by atomic mass is 19.4. The summed E-state index contributed by atoms with van der Waals surface area (Å²) in [6.45, 7) is 6.80. The number of allylic oxidation sites excluding steroid dienone is 1. The molecule has 0 atom stereocenters. The lowest BCUT2D eigenvalue weighted by Crippen LogP contribution is -2.62. The predicted octanol–water partition coefficient (Wildman–Crippen LogP) is 4.65. The molecule has 2 saturated carbocycles. The Hall–Kier alpha value is -2.32. The van der Waals surface area contributed by atoms with Crippen molar-refractivity contribution in [3.63, 3.8) is 0 Å². The number of nitrogens with one attached hydrogen (secondary N) is 1. The lowest BCUT2D eigenvalue weighted by Gasteiger charge is -2.56. The number of alkyl halides is 3. The highest BCUT2D eigenvalue weighted by Crippen LogP contribution is 2.57. The molecule has 1 saturated heterocycles. The molecule has 0 unspecified atom stereocenters. The van der Waals surface area contributed by atoms with Gasteiger partial charge >= 0.3 is 12.3 Å². The average Bonchev–Trinajstić information content (AvgIpc) is 3.34. The summed E-state index contributed by atoms with van der Waals surface area (Å²) in [6.07, 6.45) is 2.70. The molecule has 1 aromatic heterocycles. The number of halogens is 3. The molecule has 2 aliphatic carbocycles. The van der Waals surface area contributed by atoms with Crippen molar-refractivity contribution in [2.24, 2.45) is 10.8 Å². The van der Waals surface area contributed by atoms with Gasteiger partial charge in [0.05, 0.1) is 23.5 Å². The first-order chi connectivity index (χ1) is 13.9. The van der Waals surface area contributed by atoms with Crippen LogP contribution in [0.5, 0.6) is 0 Å². The fourth-order valence-electron chi connectivity index (χ4n) is 4.14. The molecule has 3 fully saturated rings. The third-order valence-corrected chi connectivity index (χ3v) is 5.99. The van der Waals surface area contributed by atoms with Crippen molar-refractivity contribution in [1.82, 2.24) is 14.9 Å². The molecule has 1 amide bonds. The summed E-state index contributed by atoms with van der Waals surface area (Å²) in [4.78, 5) is 22.3. The summed E-state index contributed by atoms with van der Waals surface area (Å²) in [6, 6.07) is 0. The highest BCUT2D eigenvalue weighted by molar-refractivity contribution is 5.70. The van der Waals surface area contributed by atoms with Crippen LogP contribution in [0.2, 0.25) is 0 Å². The normalized spacial score (nSPS) is 21.5. The van der Waals surface area contributed by atoms with Gasteiger partial charge in [-0.3, -0.25) is 4.98 Å². The van der Waals surface area contributed by atoms with Gasteiger partial charge in [0, 0.05) is 25.0 Å². The van der Waals surface area contributed by atoms with E-state index in [9.17, 15) is 18.0 Å². The second-order valence-corrected chi connectivity index (χ2v) is 9.95. The van der Waals surface area contributed by atoms with Crippen molar-refractivity contribution in [3.8, 4) is 0 Å². The monoisotopic (exact) mass is 424 g/mol. The summed E-state index contributed by atoms with van der Waals surface area (Å²) in [5, 5.41) is 2.76. The maximum atomic E-state index is 13.0. The molecular formula is C21H27F3N4O2. The van der Waals surface area contributed by atoms with E-state index in [2.05, 4.69) is 15.3 Å². The van der Waals surface area contributed by atoms with Crippen LogP contribution in [0, 0.1) is 10.8 Å². The van der Waals surface area contributed by atoms with Crippen LogP contribution in [-0.2, 0) is 4.74 Å². The Morgan fingerprint density at radius 2 is 1.87 bits per heavy atom. The maximum absolute atomic E-state index is 13.0. The SMILES string of the molecule is CC(C)(C)OC(=O)N1CC2(CC(=Cc3cnc(NCC4(C(F)(F)F)CC4)cn3)C2)C1. The number of likely N-dealkylation sites (tertiary alicyclic amines) is 1. The third-order valence-electron chi connectivity index (χ3n) is 5.99. The number of carbonyl (C=O) groups excluding carboxylic acids is 1. The van der Waals surface area contributed by atoms with Crippen LogP contribution >= 0.6 is 0 Å². The Morgan fingerprint density at radius 1 is 1.20 bits per heavy atom. The lowest BCUT2D eigenvalue weighted by molar-refractivity contribution is -0.182. The molecule has 2 heterocycles. The largest absolute Gasteiger partial charge is 0.444 e. The van der Waals surface area contributed by atoms with E-state index in [1.807, 2.05) is 26.8 Å². The predicted molar refractivity (Wildman–Crippen MR) is 106 cm³/mol.